The molecule has 1 atom stereocenters. The van der Waals surface area contributed by atoms with Gasteiger partial charge in [0, 0.05) is 59.7 Å². The summed E-state index contributed by atoms with van der Waals surface area (Å²) in [7, 11) is 2.06. The van der Waals surface area contributed by atoms with Gasteiger partial charge in [-0.2, -0.15) is 0 Å². The molecule has 3 aromatic heterocycles. The lowest BCUT2D eigenvalue weighted by Gasteiger charge is -2.13. The van der Waals surface area contributed by atoms with Crippen molar-refractivity contribution in [2.24, 2.45) is 12.8 Å². The van der Waals surface area contributed by atoms with Gasteiger partial charge in [-0.05, 0) is 47.2 Å². The van der Waals surface area contributed by atoms with Crippen LogP contribution in [0.5, 0.6) is 5.75 Å². The predicted octanol–water partition coefficient (Wildman–Crippen LogP) is 4.74. The molecule has 5 rings (SSSR count). The van der Waals surface area contributed by atoms with Crippen molar-refractivity contribution >= 4 is 21.7 Å². The molecule has 0 spiro atoms. The molecule has 5 aromatic rings. The van der Waals surface area contributed by atoms with Crippen molar-refractivity contribution in [3.63, 3.8) is 0 Å². The van der Waals surface area contributed by atoms with Gasteiger partial charge in [-0.15, -0.1) is 0 Å². The molecule has 0 saturated heterocycles. The van der Waals surface area contributed by atoms with Crippen LogP contribution in [-0.2, 0) is 13.5 Å². The Kier molecular flexibility index (Phi) is 5.10. The van der Waals surface area contributed by atoms with E-state index in [1.807, 2.05) is 24.5 Å². The van der Waals surface area contributed by atoms with Crippen LogP contribution in [0.1, 0.15) is 5.56 Å². The molecule has 0 radical (unpaired) electrons. The van der Waals surface area contributed by atoms with Crippen molar-refractivity contribution in [2.75, 3.05) is 6.61 Å². The molecule has 0 unspecified atom stereocenters. The maximum Gasteiger partial charge on any atom is 0.138 e. The van der Waals surface area contributed by atoms with Gasteiger partial charge in [-0.3, -0.25) is 9.97 Å². The van der Waals surface area contributed by atoms with Crippen LogP contribution >= 0.6 is 0 Å². The number of aromatic nitrogens is 3. The lowest BCUT2D eigenvalue weighted by molar-refractivity contribution is 0.287. The first-order valence-corrected chi connectivity index (χ1v) is 10.4. The highest BCUT2D eigenvalue weighted by Gasteiger charge is 2.12. The third kappa shape index (κ3) is 4.00. The Morgan fingerprint density at radius 1 is 0.935 bits per heavy atom. The highest BCUT2D eigenvalue weighted by atomic mass is 16.5. The Bertz CT molecular complexity index is 1360. The standard InChI is InChI=1S/C26H24N4O/c1-30-16-22(25-4-2-3-5-26(25)30)11-23(27)17-31-24-12-21(14-29-15-24)18-6-7-20-13-28-9-8-19(20)10-18/h2-10,12-16,23H,11,17,27H2,1H3/t23-/m0/s1. The van der Waals surface area contributed by atoms with Crippen LogP contribution < -0.4 is 10.5 Å². The summed E-state index contributed by atoms with van der Waals surface area (Å²) < 4.78 is 8.15. The average molecular weight is 409 g/mol. The summed E-state index contributed by atoms with van der Waals surface area (Å²) in [6.45, 7) is 0.428. The van der Waals surface area contributed by atoms with E-state index in [0.29, 0.717) is 6.61 Å². The van der Waals surface area contributed by atoms with Gasteiger partial charge in [0.1, 0.15) is 12.4 Å². The van der Waals surface area contributed by atoms with Crippen molar-refractivity contribution in [3.05, 3.63) is 91.1 Å². The van der Waals surface area contributed by atoms with Crippen molar-refractivity contribution in [2.45, 2.75) is 12.5 Å². The summed E-state index contributed by atoms with van der Waals surface area (Å²) >= 11 is 0. The first-order valence-electron chi connectivity index (χ1n) is 10.4. The average Bonchev–Trinajstić information content (AvgIpc) is 3.13. The number of nitrogens with two attached hydrogens (primary N) is 1. The van der Waals surface area contributed by atoms with Crippen LogP contribution in [0, 0.1) is 0 Å². The third-order valence-electron chi connectivity index (χ3n) is 5.61. The molecule has 5 nitrogen and oxygen atoms in total. The fourth-order valence-corrected chi connectivity index (χ4v) is 4.05. The molecule has 0 fully saturated rings. The largest absolute Gasteiger partial charge is 0.490 e. The summed E-state index contributed by atoms with van der Waals surface area (Å²) in [5, 5.41) is 3.51. The van der Waals surface area contributed by atoms with Gasteiger partial charge in [0.25, 0.3) is 0 Å². The summed E-state index contributed by atoms with van der Waals surface area (Å²) in [4.78, 5) is 8.54. The molecule has 5 heteroatoms. The molecule has 0 aliphatic heterocycles. The zero-order valence-electron chi connectivity index (χ0n) is 17.4. The fourth-order valence-electron chi connectivity index (χ4n) is 4.05. The quantitative estimate of drug-likeness (QED) is 0.441. The Balaban J connectivity index is 1.29. The molecule has 154 valence electrons. The minimum Gasteiger partial charge on any atom is -0.490 e. The molecule has 0 saturated carbocycles. The second kappa shape index (κ2) is 8.20. The number of pyridine rings is 2. The van der Waals surface area contributed by atoms with Gasteiger partial charge in [0.05, 0.1) is 6.20 Å². The van der Waals surface area contributed by atoms with Crippen molar-refractivity contribution < 1.29 is 4.74 Å². The summed E-state index contributed by atoms with van der Waals surface area (Å²) in [6.07, 6.45) is 10.2. The number of rotatable bonds is 6. The van der Waals surface area contributed by atoms with E-state index in [4.69, 9.17) is 10.5 Å². The van der Waals surface area contributed by atoms with Gasteiger partial charge in [-0.25, -0.2) is 0 Å². The lowest BCUT2D eigenvalue weighted by Crippen LogP contribution is -2.30. The van der Waals surface area contributed by atoms with Crippen molar-refractivity contribution in [1.29, 1.82) is 0 Å². The fraction of sp³-hybridized carbons (Fsp3) is 0.154. The molecule has 0 amide bonds. The van der Waals surface area contributed by atoms with E-state index < -0.39 is 0 Å². The van der Waals surface area contributed by atoms with Crippen LogP contribution in [0.15, 0.2) is 85.6 Å². The number of hydrogen-bond donors (Lipinski definition) is 1. The van der Waals surface area contributed by atoms with Crippen molar-refractivity contribution in [1.82, 2.24) is 14.5 Å². The number of aryl methyl sites for hydroxylation is 1. The zero-order chi connectivity index (χ0) is 21.2. The molecular weight excluding hydrogens is 384 g/mol. The molecule has 3 heterocycles. The summed E-state index contributed by atoms with van der Waals surface area (Å²) in [5.41, 5.74) is 11.0. The Morgan fingerprint density at radius 3 is 2.77 bits per heavy atom. The summed E-state index contributed by atoms with van der Waals surface area (Å²) in [6, 6.07) is 18.6. The normalized spacial score (nSPS) is 12.3. The first-order chi connectivity index (χ1) is 15.2. The maximum atomic E-state index is 6.40. The highest BCUT2D eigenvalue weighted by molar-refractivity contribution is 5.86. The zero-order valence-corrected chi connectivity index (χ0v) is 17.4. The number of fused-ring (bicyclic) bond motifs is 2. The van der Waals surface area contributed by atoms with E-state index in [-0.39, 0.29) is 6.04 Å². The molecule has 0 aliphatic rings. The smallest absolute Gasteiger partial charge is 0.138 e. The number of para-hydroxylation sites is 1. The number of nitrogens with zero attached hydrogens (tertiary/aromatic N) is 3. The van der Waals surface area contributed by atoms with Crippen LogP contribution in [0.2, 0.25) is 0 Å². The second-order valence-electron chi connectivity index (χ2n) is 7.90. The Morgan fingerprint density at radius 2 is 1.84 bits per heavy atom. The number of benzene rings is 2. The van der Waals surface area contributed by atoms with E-state index in [0.717, 1.165) is 34.1 Å². The number of hydrogen-bond acceptors (Lipinski definition) is 4. The van der Waals surface area contributed by atoms with E-state index in [2.05, 4.69) is 70.2 Å². The van der Waals surface area contributed by atoms with Crippen molar-refractivity contribution in [3.8, 4) is 16.9 Å². The summed E-state index contributed by atoms with van der Waals surface area (Å²) in [5.74, 6) is 0.723. The number of ether oxygens (including phenoxy) is 1. The molecule has 2 N–H and O–H groups in total. The van der Waals surface area contributed by atoms with Crippen LogP contribution in [-0.4, -0.2) is 27.2 Å². The molecule has 31 heavy (non-hydrogen) atoms. The SMILES string of the molecule is Cn1cc(C[C@H](N)COc2cncc(-c3ccc4cnccc4c3)c2)c2ccccc21. The minimum atomic E-state index is -0.109. The van der Waals surface area contributed by atoms with Gasteiger partial charge in [0.15, 0.2) is 0 Å². The van der Waals surface area contributed by atoms with E-state index in [1.165, 1.54) is 16.5 Å². The molecule has 2 aromatic carbocycles. The predicted molar refractivity (Wildman–Crippen MR) is 125 cm³/mol. The molecule has 0 aliphatic carbocycles. The van der Waals surface area contributed by atoms with E-state index in [1.54, 1.807) is 12.4 Å². The topological polar surface area (TPSA) is 66.0 Å². The van der Waals surface area contributed by atoms with Gasteiger partial charge < -0.3 is 15.0 Å². The lowest BCUT2D eigenvalue weighted by atomic mass is 10.0. The van der Waals surface area contributed by atoms with E-state index in [9.17, 15) is 0 Å². The maximum absolute atomic E-state index is 6.40. The van der Waals surface area contributed by atoms with E-state index >= 15 is 0 Å². The van der Waals surface area contributed by atoms with Gasteiger partial charge in [-0.1, -0.05) is 30.3 Å². The third-order valence-corrected chi connectivity index (χ3v) is 5.61. The van der Waals surface area contributed by atoms with Gasteiger partial charge in [0.2, 0.25) is 0 Å². The Hall–Kier alpha value is -3.70. The highest BCUT2D eigenvalue weighted by Crippen LogP contribution is 2.26. The molecule has 0 bridgehead atoms. The molecular formula is C26H24N4O. The Labute approximate surface area is 181 Å². The minimum absolute atomic E-state index is 0.109. The van der Waals surface area contributed by atoms with Crippen LogP contribution in [0.4, 0.5) is 0 Å². The first kappa shape index (κ1) is 19.3. The monoisotopic (exact) mass is 408 g/mol. The van der Waals surface area contributed by atoms with Crippen LogP contribution in [0.25, 0.3) is 32.8 Å². The van der Waals surface area contributed by atoms with Gasteiger partial charge >= 0.3 is 0 Å². The van der Waals surface area contributed by atoms with Crippen LogP contribution in [0.3, 0.4) is 0 Å². The second-order valence-corrected chi connectivity index (χ2v) is 7.90.